The molecule has 0 aromatic heterocycles. The Balaban J connectivity index is 2.92. The summed E-state index contributed by atoms with van der Waals surface area (Å²) in [5.74, 6) is 0. The maximum Gasteiger partial charge on any atom is 0.408 e. The molecule has 1 rings (SSSR count). The van der Waals surface area contributed by atoms with Crippen molar-refractivity contribution in [1.82, 2.24) is 10.0 Å². The van der Waals surface area contributed by atoms with Crippen molar-refractivity contribution in [3.63, 3.8) is 0 Å². The molecule has 0 spiro atoms. The number of amides is 1. The van der Waals surface area contributed by atoms with Crippen molar-refractivity contribution in [3.8, 4) is 0 Å². The third-order valence-electron chi connectivity index (χ3n) is 2.52. The highest BCUT2D eigenvalue weighted by Gasteiger charge is 2.22. The molecule has 0 aliphatic rings. The van der Waals surface area contributed by atoms with E-state index in [-0.39, 0.29) is 6.54 Å². The summed E-state index contributed by atoms with van der Waals surface area (Å²) >= 11 is 6.12. The van der Waals surface area contributed by atoms with Crippen molar-refractivity contribution in [3.05, 3.63) is 34.9 Å². The van der Waals surface area contributed by atoms with Crippen LogP contribution in [-0.2, 0) is 14.8 Å². The normalized spacial score (nSPS) is 13.5. The first-order chi connectivity index (χ1) is 9.98. The molecule has 1 atom stereocenters. The molecular weight excluding hydrogens is 328 g/mol. The smallest absolute Gasteiger partial charge is 0.408 e. The summed E-state index contributed by atoms with van der Waals surface area (Å²) in [7, 11) is -3.40. The molecule has 0 saturated heterocycles. The Morgan fingerprint density at radius 1 is 1.32 bits per heavy atom. The molecule has 0 radical (unpaired) electrons. The van der Waals surface area contributed by atoms with Gasteiger partial charge in [0.1, 0.15) is 5.60 Å². The molecule has 1 unspecified atom stereocenters. The van der Waals surface area contributed by atoms with Crippen LogP contribution in [0.3, 0.4) is 0 Å². The fourth-order valence-corrected chi connectivity index (χ4v) is 2.42. The minimum Gasteiger partial charge on any atom is -0.444 e. The van der Waals surface area contributed by atoms with Crippen molar-refractivity contribution in [2.75, 3.05) is 12.8 Å². The van der Waals surface area contributed by atoms with Crippen molar-refractivity contribution in [1.29, 1.82) is 0 Å². The minimum atomic E-state index is -3.40. The van der Waals surface area contributed by atoms with Crippen LogP contribution in [0.15, 0.2) is 24.3 Å². The highest BCUT2D eigenvalue weighted by molar-refractivity contribution is 7.88. The summed E-state index contributed by atoms with van der Waals surface area (Å²) in [6, 6.07) is 6.25. The standard InChI is InChI=1S/C14H21ClN2O4S/c1-14(2,3)21-13(18)17-12(9-16-22(4,19)20)10-7-5-6-8-11(10)15/h5-8,12,16H,9H2,1-4H3,(H,17,18). The Hall–Kier alpha value is -1.31. The van der Waals surface area contributed by atoms with Gasteiger partial charge in [-0.1, -0.05) is 29.8 Å². The van der Waals surface area contributed by atoms with Crippen molar-refractivity contribution in [2.24, 2.45) is 0 Å². The van der Waals surface area contributed by atoms with Gasteiger partial charge in [0, 0.05) is 11.6 Å². The van der Waals surface area contributed by atoms with E-state index in [9.17, 15) is 13.2 Å². The van der Waals surface area contributed by atoms with Gasteiger partial charge in [-0.05, 0) is 32.4 Å². The number of alkyl carbamates (subject to hydrolysis) is 1. The van der Waals surface area contributed by atoms with Gasteiger partial charge in [-0.3, -0.25) is 0 Å². The van der Waals surface area contributed by atoms with Crippen molar-refractivity contribution < 1.29 is 17.9 Å². The predicted molar refractivity (Wildman–Crippen MR) is 86.4 cm³/mol. The fourth-order valence-electron chi connectivity index (χ4n) is 1.68. The van der Waals surface area contributed by atoms with Crippen molar-refractivity contribution in [2.45, 2.75) is 32.4 Å². The average Bonchev–Trinajstić information content (AvgIpc) is 2.32. The molecule has 0 saturated carbocycles. The van der Waals surface area contributed by atoms with Gasteiger partial charge in [0.2, 0.25) is 10.0 Å². The highest BCUT2D eigenvalue weighted by Crippen LogP contribution is 2.23. The zero-order valence-electron chi connectivity index (χ0n) is 13.0. The Morgan fingerprint density at radius 2 is 1.91 bits per heavy atom. The Bertz CT molecular complexity index is 626. The van der Waals surface area contributed by atoms with E-state index in [1.807, 2.05) is 0 Å². The van der Waals surface area contributed by atoms with Gasteiger partial charge in [-0.2, -0.15) is 0 Å². The molecule has 0 aliphatic heterocycles. The third-order valence-corrected chi connectivity index (χ3v) is 3.56. The van der Waals surface area contributed by atoms with E-state index in [1.54, 1.807) is 45.0 Å². The summed E-state index contributed by atoms with van der Waals surface area (Å²) in [5, 5.41) is 3.06. The summed E-state index contributed by atoms with van der Waals surface area (Å²) in [4.78, 5) is 11.9. The molecule has 2 N–H and O–H groups in total. The van der Waals surface area contributed by atoms with E-state index in [0.29, 0.717) is 10.6 Å². The maximum atomic E-state index is 11.9. The number of hydrogen-bond donors (Lipinski definition) is 2. The monoisotopic (exact) mass is 348 g/mol. The molecule has 0 heterocycles. The second-order valence-corrected chi connectivity index (χ2v) is 8.08. The molecule has 0 bridgehead atoms. The number of ether oxygens (including phenoxy) is 1. The van der Waals surface area contributed by atoms with Crippen LogP contribution in [0.2, 0.25) is 5.02 Å². The van der Waals surface area contributed by atoms with E-state index < -0.39 is 27.8 Å². The number of benzene rings is 1. The SMILES string of the molecule is CC(C)(C)OC(=O)NC(CNS(C)(=O)=O)c1ccccc1Cl. The largest absolute Gasteiger partial charge is 0.444 e. The van der Waals surface area contributed by atoms with Crippen LogP contribution in [0.25, 0.3) is 0 Å². The van der Waals surface area contributed by atoms with Gasteiger partial charge in [0.25, 0.3) is 0 Å². The van der Waals surface area contributed by atoms with Crippen LogP contribution in [0.4, 0.5) is 4.79 Å². The lowest BCUT2D eigenvalue weighted by Gasteiger charge is -2.24. The third kappa shape index (κ3) is 7.11. The number of carbonyl (C=O) groups is 1. The zero-order chi connectivity index (χ0) is 17.0. The Morgan fingerprint density at radius 3 is 2.41 bits per heavy atom. The number of rotatable bonds is 5. The summed E-state index contributed by atoms with van der Waals surface area (Å²) in [6.45, 7) is 5.20. The first-order valence-electron chi connectivity index (χ1n) is 6.66. The number of hydrogen-bond acceptors (Lipinski definition) is 4. The molecule has 0 aliphatic carbocycles. The minimum absolute atomic E-state index is 0.0260. The molecule has 1 aromatic rings. The Labute approximate surface area is 136 Å². The number of nitrogens with one attached hydrogen (secondary N) is 2. The molecule has 1 amide bonds. The lowest BCUT2D eigenvalue weighted by molar-refractivity contribution is 0.0504. The van der Waals surface area contributed by atoms with Gasteiger partial charge < -0.3 is 10.1 Å². The maximum absolute atomic E-state index is 11.9. The lowest BCUT2D eigenvalue weighted by atomic mass is 10.1. The molecule has 22 heavy (non-hydrogen) atoms. The number of halogens is 1. The van der Waals surface area contributed by atoms with Gasteiger partial charge in [-0.15, -0.1) is 0 Å². The molecular formula is C14H21ClN2O4S. The van der Waals surface area contributed by atoms with E-state index in [0.717, 1.165) is 6.26 Å². The fraction of sp³-hybridized carbons (Fsp3) is 0.500. The summed E-state index contributed by atoms with van der Waals surface area (Å²) < 4.78 is 30.1. The first-order valence-corrected chi connectivity index (χ1v) is 8.93. The van der Waals surface area contributed by atoms with Crippen LogP contribution >= 0.6 is 11.6 Å². The molecule has 1 aromatic carbocycles. The quantitative estimate of drug-likeness (QED) is 0.856. The van der Waals surface area contributed by atoms with Crippen molar-refractivity contribution >= 4 is 27.7 Å². The highest BCUT2D eigenvalue weighted by atomic mass is 35.5. The zero-order valence-corrected chi connectivity index (χ0v) is 14.6. The van der Waals surface area contributed by atoms with E-state index >= 15 is 0 Å². The Kier molecular flexibility index (Phi) is 6.22. The van der Waals surface area contributed by atoms with Gasteiger partial charge in [0.15, 0.2) is 0 Å². The average molecular weight is 349 g/mol. The van der Waals surface area contributed by atoms with E-state index in [1.165, 1.54) is 0 Å². The second-order valence-electron chi connectivity index (χ2n) is 5.84. The van der Waals surface area contributed by atoms with Crippen LogP contribution in [0, 0.1) is 0 Å². The molecule has 8 heteroatoms. The molecule has 124 valence electrons. The lowest BCUT2D eigenvalue weighted by Crippen LogP contribution is -2.40. The second kappa shape index (κ2) is 7.30. The van der Waals surface area contributed by atoms with Crippen LogP contribution in [-0.4, -0.2) is 32.9 Å². The van der Waals surface area contributed by atoms with Gasteiger partial charge in [-0.25, -0.2) is 17.9 Å². The van der Waals surface area contributed by atoms with E-state index in [4.69, 9.17) is 16.3 Å². The topological polar surface area (TPSA) is 84.5 Å². The van der Waals surface area contributed by atoms with E-state index in [2.05, 4.69) is 10.0 Å². The predicted octanol–water partition coefficient (Wildman–Crippen LogP) is 2.46. The van der Waals surface area contributed by atoms with Crippen LogP contribution < -0.4 is 10.0 Å². The van der Waals surface area contributed by atoms with Gasteiger partial charge in [0.05, 0.1) is 12.3 Å². The molecule has 6 nitrogen and oxygen atoms in total. The van der Waals surface area contributed by atoms with Crippen LogP contribution in [0.1, 0.15) is 32.4 Å². The number of sulfonamides is 1. The molecule has 0 fully saturated rings. The summed E-state index contributed by atoms with van der Waals surface area (Å²) in [5.41, 5.74) is -0.0505. The van der Waals surface area contributed by atoms with Crippen LogP contribution in [0.5, 0.6) is 0 Å². The first kappa shape index (κ1) is 18.7. The summed E-state index contributed by atoms with van der Waals surface area (Å²) in [6.07, 6.45) is 0.400. The number of carbonyl (C=O) groups excluding carboxylic acids is 1. The van der Waals surface area contributed by atoms with Gasteiger partial charge >= 0.3 is 6.09 Å².